The van der Waals surface area contributed by atoms with Gasteiger partial charge in [0.05, 0.1) is 5.69 Å². The number of anilines is 1. The van der Waals surface area contributed by atoms with E-state index in [2.05, 4.69) is 15.3 Å². The zero-order valence-electron chi connectivity index (χ0n) is 14.6. The lowest BCUT2D eigenvalue weighted by Gasteiger charge is -2.04. The second-order valence-corrected chi connectivity index (χ2v) is 7.89. The molecule has 5 rings (SSSR count). The maximum Gasteiger partial charge on any atom is 0.275 e. The molecular weight excluding hydrogens is 388 g/mol. The van der Waals surface area contributed by atoms with E-state index in [0.717, 1.165) is 32.5 Å². The average molecular weight is 403 g/mol. The number of nitrogens with zero attached hydrogens (tertiary/aromatic N) is 3. The van der Waals surface area contributed by atoms with Crippen molar-refractivity contribution in [3.05, 3.63) is 83.4 Å². The van der Waals surface area contributed by atoms with Crippen molar-refractivity contribution in [3.63, 3.8) is 0 Å². The van der Waals surface area contributed by atoms with Crippen LogP contribution in [-0.4, -0.2) is 20.3 Å². The van der Waals surface area contributed by atoms with Crippen molar-refractivity contribution in [1.82, 2.24) is 14.4 Å². The number of imidazole rings is 1. The van der Waals surface area contributed by atoms with E-state index in [1.165, 1.54) is 11.3 Å². The predicted octanol–water partition coefficient (Wildman–Crippen LogP) is 5.44. The highest BCUT2D eigenvalue weighted by molar-refractivity contribution is 7.15. The summed E-state index contributed by atoms with van der Waals surface area (Å²) in [6.45, 7) is 0. The Morgan fingerprint density at radius 2 is 1.75 bits per heavy atom. The molecule has 0 radical (unpaired) electrons. The number of benzene rings is 2. The number of carbonyl (C=O) groups excluding carboxylic acids is 1. The van der Waals surface area contributed by atoms with E-state index in [1.807, 2.05) is 76.8 Å². The van der Waals surface area contributed by atoms with Gasteiger partial charge in [-0.1, -0.05) is 42.5 Å². The van der Waals surface area contributed by atoms with E-state index >= 15 is 0 Å². The van der Waals surface area contributed by atoms with Crippen LogP contribution in [-0.2, 0) is 0 Å². The third-order valence-corrected chi connectivity index (χ3v) is 5.95. The highest BCUT2D eigenvalue weighted by Gasteiger charge is 2.12. The van der Waals surface area contributed by atoms with Gasteiger partial charge in [-0.2, -0.15) is 0 Å². The van der Waals surface area contributed by atoms with E-state index in [9.17, 15) is 4.79 Å². The Kier molecular flexibility index (Phi) is 4.23. The third kappa shape index (κ3) is 3.21. The Balaban J connectivity index is 1.31. The minimum absolute atomic E-state index is 0.214. The van der Waals surface area contributed by atoms with E-state index in [1.54, 1.807) is 16.7 Å². The van der Waals surface area contributed by atoms with Gasteiger partial charge in [0.25, 0.3) is 5.91 Å². The molecule has 0 unspecified atom stereocenters. The van der Waals surface area contributed by atoms with Crippen LogP contribution in [0.1, 0.15) is 10.5 Å². The molecule has 2 aromatic carbocycles. The van der Waals surface area contributed by atoms with Crippen LogP contribution in [0.15, 0.2) is 77.8 Å². The van der Waals surface area contributed by atoms with Crippen LogP contribution in [0.4, 0.5) is 5.69 Å². The smallest absolute Gasteiger partial charge is 0.275 e. The summed E-state index contributed by atoms with van der Waals surface area (Å²) in [6, 6.07) is 17.5. The summed E-state index contributed by atoms with van der Waals surface area (Å²) < 4.78 is 2.00. The Labute approximate surface area is 169 Å². The SMILES string of the molecule is O=C(Nc1ccc(-c2cn3ccsc3n2)cc1)c1csc(-c2ccccc2)n1. The number of aromatic nitrogens is 3. The van der Waals surface area contributed by atoms with Crippen LogP contribution < -0.4 is 5.32 Å². The molecule has 3 heterocycles. The first-order chi connectivity index (χ1) is 13.8. The van der Waals surface area contributed by atoms with Crippen molar-refractivity contribution in [3.8, 4) is 21.8 Å². The predicted molar refractivity (Wildman–Crippen MR) is 114 cm³/mol. The summed E-state index contributed by atoms with van der Waals surface area (Å²) in [6.07, 6.45) is 3.99. The lowest BCUT2D eigenvalue weighted by Crippen LogP contribution is -2.12. The number of thiazole rings is 2. The van der Waals surface area contributed by atoms with Crippen molar-refractivity contribution in [1.29, 1.82) is 0 Å². The Morgan fingerprint density at radius 3 is 2.54 bits per heavy atom. The number of hydrogen-bond acceptors (Lipinski definition) is 5. The molecule has 5 nitrogen and oxygen atoms in total. The van der Waals surface area contributed by atoms with Gasteiger partial charge in [0.1, 0.15) is 10.7 Å². The van der Waals surface area contributed by atoms with Gasteiger partial charge >= 0.3 is 0 Å². The summed E-state index contributed by atoms with van der Waals surface area (Å²) in [5.41, 5.74) is 4.08. The summed E-state index contributed by atoms with van der Waals surface area (Å²) >= 11 is 3.06. The molecule has 0 aliphatic rings. The molecule has 1 amide bonds. The second-order valence-electron chi connectivity index (χ2n) is 6.15. The van der Waals surface area contributed by atoms with Crippen LogP contribution in [0.2, 0.25) is 0 Å². The van der Waals surface area contributed by atoms with Crippen molar-refractivity contribution >= 4 is 39.2 Å². The number of rotatable bonds is 4. The first-order valence-electron chi connectivity index (χ1n) is 8.61. The van der Waals surface area contributed by atoms with Gasteiger partial charge in [-0.3, -0.25) is 9.20 Å². The third-order valence-electron chi connectivity index (χ3n) is 4.29. The molecule has 0 fully saturated rings. The zero-order valence-corrected chi connectivity index (χ0v) is 16.2. The fourth-order valence-electron chi connectivity index (χ4n) is 2.88. The highest BCUT2D eigenvalue weighted by Crippen LogP contribution is 2.25. The number of carbonyl (C=O) groups is 1. The minimum atomic E-state index is -0.214. The molecule has 5 aromatic rings. The maximum absolute atomic E-state index is 12.5. The fourth-order valence-corrected chi connectivity index (χ4v) is 4.38. The van der Waals surface area contributed by atoms with E-state index < -0.39 is 0 Å². The summed E-state index contributed by atoms with van der Waals surface area (Å²) in [5.74, 6) is -0.214. The summed E-state index contributed by atoms with van der Waals surface area (Å²) in [7, 11) is 0. The van der Waals surface area contributed by atoms with Crippen molar-refractivity contribution in [2.24, 2.45) is 0 Å². The van der Waals surface area contributed by atoms with Gasteiger partial charge < -0.3 is 5.32 Å². The molecule has 1 N–H and O–H groups in total. The lowest BCUT2D eigenvalue weighted by molar-refractivity contribution is 0.102. The van der Waals surface area contributed by atoms with Gasteiger partial charge in [-0.05, 0) is 12.1 Å². The molecule has 0 saturated heterocycles. The molecule has 3 aromatic heterocycles. The first kappa shape index (κ1) is 16.9. The zero-order chi connectivity index (χ0) is 18.9. The number of amides is 1. The molecular formula is C21H14N4OS2. The summed E-state index contributed by atoms with van der Waals surface area (Å²) in [4.78, 5) is 22.5. The van der Waals surface area contributed by atoms with E-state index in [-0.39, 0.29) is 5.91 Å². The normalized spacial score (nSPS) is 11.0. The van der Waals surface area contributed by atoms with E-state index in [4.69, 9.17) is 0 Å². The Hall–Kier alpha value is -3.29. The number of nitrogens with one attached hydrogen (secondary N) is 1. The van der Waals surface area contributed by atoms with Crippen LogP contribution in [0, 0.1) is 0 Å². The van der Waals surface area contributed by atoms with Gasteiger partial charge in [-0.15, -0.1) is 22.7 Å². The topological polar surface area (TPSA) is 59.3 Å². The monoisotopic (exact) mass is 402 g/mol. The second kappa shape index (κ2) is 7.03. The standard InChI is InChI=1S/C21H14N4OS2/c26-19(18-13-28-20(23-18)15-4-2-1-3-5-15)22-16-8-6-14(7-9-16)17-12-25-10-11-27-21(25)24-17/h1-13H,(H,22,26). The van der Waals surface area contributed by atoms with E-state index in [0.29, 0.717) is 5.69 Å². The quantitative estimate of drug-likeness (QED) is 0.435. The molecule has 7 heteroatoms. The molecule has 28 heavy (non-hydrogen) atoms. The van der Waals surface area contributed by atoms with Crippen molar-refractivity contribution in [2.45, 2.75) is 0 Å². The largest absolute Gasteiger partial charge is 0.321 e. The molecule has 0 atom stereocenters. The van der Waals surface area contributed by atoms with Gasteiger partial charge in [0.15, 0.2) is 4.96 Å². The number of fused-ring (bicyclic) bond motifs is 1. The molecule has 0 spiro atoms. The van der Waals surface area contributed by atoms with Crippen LogP contribution in [0.25, 0.3) is 26.8 Å². The first-order valence-corrected chi connectivity index (χ1v) is 10.4. The lowest BCUT2D eigenvalue weighted by atomic mass is 10.1. The minimum Gasteiger partial charge on any atom is -0.321 e. The molecule has 136 valence electrons. The molecule has 0 aliphatic carbocycles. The summed E-state index contributed by atoms with van der Waals surface area (Å²) in [5, 5.41) is 7.53. The van der Waals surface area contributed by atoms with Gasteiger partial charge in [-0.25, -0.2) is 9.97 Å². The van der Waals surface area contributed by atoms with Crippen molar-refractivity contribution < 1.29 is 4.79 Å². The van der Waals surface area contributed by atoms with Crippen molar-refractivity contribution in [2.75, 3.05) is 5.32 Å². The average Bonchev–Trinajstić information content (AvgIpc) is 3.45. The van der Waals surface area contributed by atoms with Crippen LogP contribution in [0.5, 0.6) is 0 Å². The Bertz CT molecular complexity index is 1220. The van der Waals surface area contributed by atoms with Crippen LogP contribution in [0.3, 0.4) is 0 Å². The van der Waals surface area contributed by atoms with Gasteiger partial charge in [0, 0.05) is 40.0 Å². The van der Waals surface area contributed by atoms with Gasteiger partial charge in [0.2, 0.25) is 0 Å². The van der Waals surface area contributed by atoms with Crippen LogP contribution >= 0.6 is 22.7 Å². The highest BCUT2D eigenvalue weighted by atomic mass is 32.1. The molecule has 0 bridgehead atoms. The molecule has 0 saturated carbocycles. The Morgan fingerprint density at radius 1 is 0.929 bits per heavy atom. The number of hydrogen-bond donors (Lipinski definition) is 1. The maximum atomic E-state index is 12.5. The molecule has 0 aliphatic heterocycles. The fraction of sp³-hybridized carbons (Fsp3) is 0.